The Balaban J connectivity index is 1.52. The van der Waals surface area contributed by atoms with Crippen molar-refractivity contribution in [2.75, 3.05) is 17.6 Å². The standard InChI is InChI=1S/C24H28N4O4S2/c1-17(11-19-7-4-3-5-8-19)32-22-12-20(14-23(29)27-24-25-15-18(2)33-24)26-21(13-22)16-28-9-6-10-34(28,30)31/h3-5,7-8,12-13,15,17H,6,9-11,14,16H2,1-2H3,(H,25,27,29)/t17-/m0/s1. The zero-order chi connectivity index (χ0) is 24.1. The number of ether oxygens (including phenoxy) is 1. The quantitative estimate of drug-likeness (QED) is 0.482. The zero-order valence-corrected chi connectivity index (χ0v) is 20.9. The Morgan fingerprint density at radius 2 is 2.00 bits per heavy atom. The fourth-order valence-corrected chi connectivity index (χ4v) is 6.04. The van der Waals surface area contributed by atoms with Crippen molar-refractivity contribution in [2.24, 2.45) is 0 Å². The fourth-order valence-electron chi connectivity index (χ4n) is 3.87. The van der Waals surface area contributed by atoms with E-state index in [2.05, 4.69) is 15.3 Å². The lowest BCUT2D eigenvalue weighted by molar-refractivity contribution is -0.115. The summed E-state index contributed by atoms with van der Waals surface area (Å²) in [6.45, 7) is 4.53. The predicted octanol–water partition coefficient (Wildman–Crippen LogP) is 3.57. The van der Waals surface area contributed by atoms with Crippen molar-refractivity contribution in [1.82, 2.24) is 14.3 Å². The van der Waals surface area contributed by atoms with E-state index >= 15 is 0 Å². The summed E-state index contributed by atoms with van der Waals surface area (Å²) in [4.78, 5) is 22.3. The third kappa shape index (κ3) is 6.62. The van der Waals surface area contributed by atoms with Gasteiger partial charge in [0.15, 0.2) is 5.13 Å². The van der Waals surface area contributed by atoms with Crippen LogP contribution in [-0.2, 0) is 34.2 Å². The molecule has 1 N–H and O–H groups in total. The van der Waals surface area contributed by atoms with Gasteiger partial charge in [0.25, 0.3) is 0 Å². The van der Waals surface area contributed by atoms with Crippen molar-refractivity contribution < 1.29 is 17.9 Å². The molecule has 3 heterocycles. The van der Waals surface area contributed by atoms with Crippen LogP contribution in [0.2, 0.25) is 0 Å². The molecular formula is C24H28N4O4S2. The normalized spacial score (nSPS) is 16.3. The maximum absolute atomic E-state index is 12.6. The second kappa shape index (κ2) is 10.6. The number of thiazole rings is 1. The van der Waals surface area contributed by atoms with E-state index in [1.807, 2.05) is 44.2 Å². The highest BCUT2D eigenvalue weighted by molar-refractivity contribution is 7.89. The maximum atomic E-state index is 12.6. The molecule has 8 nitrogen and oxygen atoms in total. The molecular weight excluding hydrogens is 472 g/mol. The van der Waals surface area contributed by atoms with E-state index in [0.29, 0.717) is 35.2 Å². The number of carbonyl (C=O) groups is 1. The van der Waals surface area contributed by atoms with E-state index in [1.165, 1.54) is 15.6 Å². The number of anilines is 1. The number of aryl methyl sites for hydroxylation is 1. The van der Waals surface area contributed by atoms with Crippen molar-refractivity contribution in [3.05, 3.63) is 70.5 Å². The molecule has 1 aromatic carbocycles. The molecule has 3 aromatic rings. The Labute approximate surface area is 204 Å². The first-order valence-electron chi connectivity index (χ1n) is 11.2. The van der Waals surface area contributed by atoms with Crippen molar-refractivity contribution in [2.45, 2.75) is 45.8 Å². The van der Waals surface area contributed by atoms with Crippen molar-refractivity contribution >= 4 is 32.4 Å². The van der Waals surface area contributed by atoms with Crippen LogP contribution in [0.1, 0.15) is 35.2 Å². The van der Waals surface area contributed by atoms with Gasteiger partial charge in [-0.05, 0) is 25.8 Å². The van der Waals surface area contributed by atoms with Gasteiger partial charge in [0.05, 0.1) is 36.2 Å². The average molecular weight is 501 g/mol. The van der Waals surface area contributed by atoms with Crippen molar-refractivity contribution in [3.8, 4) is 5.75 Å². The lowest BCUT2D eigenvalue weighted by Crippen LogP contribution is -2.26. The number of hydrogen-bond acceptors (Lipinski definition) is 7. The smallest absolute Gasteiger partial charge is 0.232 e. The number of pyridine rings is 1. The minimum absolute atomic E-state index is 0.0304. The molecule has 1 saturated heterocycles. The summed E-state index contributed by atoms with van der Waals surface area (Å²) in [5, 5.41) is 3.33. The predicted molar refractivity (Wildman–Crippen MR) is 132 cm³/mol. The van der Waals surface area contributed by atoms with Crippen LogP contribution < -0.4 is 10.1 Å². The van der Waals surface area contributed by atoms with Crippen LogP contribution in [0.4, 0.5) is 5.13 Å². The van der Waals surface area contributed by atoms with Crippen LogP contribution in [0.15, 0.2) is 48.7 Å². The van der Waals surface area contributed by atoms with Crippen LogP contribution in [-0.4, -0.2) is 47.0 Å². The molecule has 1 aliphatic rings. The minimum Gasteiger partial charge on any atom is -0.490 e. The Hall–Kier alpha value is -2.82. The second-order valence-electron chi connectivity index (χ2n) is 8.41. The molecule has 1 atom stereocenters. The van der Waals surface area contributed by atoms with Crippen LogP contribution in [0.25, 0.3) is 0 Å². The summed E-state index contributed by atoms with van der Waals surface area (Å²) in [5.74, 6) is 0.480. The molecule has 4 rings (SSSR count). The SMILES string of the molecule is Cc1cnc(NC(=O)Cc2cc(O[C@@H](C)Cc3ccccc3)cc(CN3CCCS3(=O)=O)n2)s1. The molecule has 1 aliphatic heterocycles. The molecule has 2 aromatic heterocycles. The third-order valence-electron chi connectivity index (χ3n) is 5.36. The summed E-state index contributed by atoms with van der Waals surface area (Å²) in [6, 6.07) is 13.6. The highest BCUT2D eigenvalue weighted by atomic mass is 32.2. The van der Waals surface area contributed by atoms with E-state index < -0.39 is 10.0 Å². The number of carbonyl (C=O) groups excluding carboxylic acids is 1. The lowest BCUT2D eigenvalue weighted by Gasteiger charge is -2.18. The first-order chi connectivity index (χ1) is 16.3. The Bertz CT molecular complexity index is 1240. The molecule has 34 heavy (non-hydrogen) atoms. The maximum Gasteiger partial charge on any atom is 0.232 e. The highest BCUT2D eigenvalue weighted by Crippen LogP contribution is 2.23. The number of sulfonamides is 1. The van der Waals surface area contributed by atoms with Gasteiger partial charge in [0.2, 0.25) is 15.9 Å². The number of hydrogen-bond donors (Lipinski definition) is 1. The molecule has 10 heteroatoms. The number of rotatable bonds is 9. The van der Waals surface area contributed by atoms with Crippen LogP contribution in [0.5, 0.6) is 5.75 Å². The highest BCUT2D eigenvalue weighted by Gasteiger charge is 2.28. The molecule has 0 unspecified atom stereocenters. The van der Waals surface area contributed by atoms with Gasteiger partial charge in [0.1, 0.15) is 5.75 Å². The van der Waals surface area contributed by atoms with E-state index in [0.717, 1.165) is 16.9 Å². The molecule has 0 spiro atoms. The van der Waals surface area contributed by atoms with Gasteiger partial charge in [-0.3, -0.25) is 9.78 Å². The number of nitrogens with one attached hydrogen (secondary N) is 1. The Morgan fingerprint density at radius 3 is 2.68 bits per heavy atom. The molecule has 1 amide bonds. The summed E-state index contributed by atoms with van der Waals surface area (Å²) in [5.41, 5.74) is 2.23. The van der Waals surface area contributed by atoms with Gasteiger partial charge in [-0.1, -0.05) is 30.3 Å². The minimum atomic E-state index is -3.27. The van der Waals surface area contributed by atoms with Crippen molar-refractivity contribution in [1.29, 1.82) is 0 Å². The van der Waals surface area contributed by atoms with E-state index in [9.17, 15) is 13.2 Å². The number of amides is 1. The molecule has 0 radical (unpaired) electrons. The number of benzene rings is 1. The number of aromatic nitrogens is 2. The average Bonchev–Trinajstić information content (AvgIpc) is 3.32. The monoisotopic (exact) mass is 500 g/mol. The van der Waals surface area contributed by atoms with Crippen LogP contribution in [0, 0.1) is 6.92 Å². The van der Waals surface area contributed by atoms with Gasteiger partial charge in [-0.2, -0.15) is 4.31 Å². The summed E-state index contributed by atoms with van der Waals surface area (Å²) in [6.07, 6.45) is 2.94. The van der Waals surface area contributed by atoms with Crippen LogP contribution in [0.3, 0.4) is 0 Å². The third-order valence-corrected chi connectivity index (χ3v) is 8.09. The van der Waals surface area contributed by atoms with Gasteiger partial charge < -0.3 is 10.1 Å². The van der Waals surface area contributed by atoms with E-state index in [1.54, 1.807) is 18.3 Å². The molecule has 0 bridgehead atoms. The molecule has 0 saturated carbocycles. The summed E-state index contributed by atoms with van der Waals surface area (Å²) in [7, 11) is -3.27. The molecule has 180 valence electrons. The van der Waals surface area contributed by atoms with Gasteiger partial charge in [-0.25, -0.2) is 13.4 Å². The topological polar surface area (TPSA) is 101 Å². The summed E-state index contributed by atoms with van der Waals surface area (Å²) >= 11 is 1.40. The van der Waals surface area contributed by atoms with E-state index in [4.69, 9.17) is 4.74 Å². The Morgan fingerprint density at radius 1 is 1.24 bits per heavy atom. The molecule has 0 aliphatic carbocycles. The van der Waals surface area contributed by atoms with E-state index in [-0.39, 0.29) is 30.7 Å². The first-order valence-corrected chi connectivity index (χ1v) is 13.6. The van der Waals surface area contributed by atoms with Crippen molar-refractivity contribution in [3.63, 3.8) is 0 Å². The van der Waals surface area contributed by atoms with Gasteiger partial charge in [-0.15, -0.1) is 11.3 Å². The molecule has 1 fully saturated rings. The summed E-state index contributed by atoms with van der Waals surface area (Å²) < 4.78 is 32.2. The fraction of sp³-hybridized carbons (Fsp3) is 0.375. The Kier molecular flexibility index (Phi) is 7.60. The lowest BCUT2D eigenvalue weighted by atomic mass is 10.1. The first kappa shape index (κ1) is 24.3. The largest absolute Gasteiger partial charge is 0.490 e. The van der Waals surface area contributed by atoms with Crippen LogP contribution >= 0.6 is 11.3 Å². The van der Waals surface area contributed by atoms with Gasteiger partial charge >= 0.3 is 0 Å². The second-order valence-corrected chi connectivity index (χ2v) is 11.7. The van der Waals surface area contributed by atoms with Gasteiger partial charge in [0, 0.05) is 36.2 Å². The number of nitrogens with zero attached hydrogens (tertiary/aromatic N) is 3. The zero-order valence-electron chi connectivity index (χ0n) is 19.2.